The molecule has 10 heteroatoms. The molecule has 0 aliphatic heterocycles. The predicted octanol–water partition coefficient (Wildman–Crippen LogP) is 6.19. The number of benzene rings is 2. The third kappa shape index (κ3) is 4.85. The Morgan fingerprint density at radius 2 is 1.59 bits per heavy atom. The van der Waals surface area contributed by atoms with E-state index in [1.165, 1.54) is 12.1 Å². The fraction of sp³-hybridized carbons (Fsp3) is 0.125. The van der Waals surface area contributed by atoms with E-state index in [2.05, 4.69) is 15.3 Å². The number of pyridine rings is 2. The van der Waals surface area contributed by atoms with Gasteiger partial charge in [-0.15, -0.1) is 0 Å². The van der Waals surface area contributed by atoms with Crippen LogP contribution < -0.4 is 5.32 Å². The van der Waals surface area contributed by atoms with Crippen LogP contribution >= 0.6 is 0 Å². The Morgan fingerprint density at radius 3 is 2.26 bits per heavy atom. The summed E-state index contributed by atoms with van der Waals surface area (Å²) in [5.74, 6) is -0.715. The molecule has 4 rings (SSSR count). The minimum atomic E-state index is -4.78. The van der Waals surface area contributed by atoms with Crippen LogP contribution in [0, 0.1) is 0 Å². The van der Waals surface area contributed by atoms with E-state index in [0.29, 0.717) is 10.9 Å². The lowest BCUT2D eigenvalue weighted by Gasteiger charge is -2.23. The van der Waals surface area contributed by atoms with Gasteiger partial charge in [-0.3, -0.25) is 14.8 Å². The number of carbonyl (C=O) groups is 1. The molecule has 1 amide bonds. The van der Waals surface area contributed by atoms with E-state index in [4.69, 9.17) is 0 Å². The molecule has 0 bridgehead atoms. The summed E-state index contributed by atoms with van der Waals surface area (Å²) >= 11 is 0. The van der Waals surface area contributed by atoms with Crippen LogP contribution in [0.3, 0.4) is 0 Å². The number of hydrogen-bond donors (Lipinski definition) is 1. The minimum Gasteiger partial charge on any atom is -0.341 e. The first-order valence-electron chi connectivity index (χ1n) is 9.88. The number of nitrogens with zero attached hydrogens (tertiary/aromatic N) is 2. The van der Waals surface area contributed by atoms with Gasteiger partial charge in [-0.1, -0.05) is 18.2 Å². The monoisotopic (exact) mass is 475 g/mol. The van der Waals surface area contributed by atoms with Gasteiger partial charge in [-0.2, -0.15) is 26.3 Å². The number of hydrogen-bond acceptors (Lipinski definition) is 3. The number of amides is 1. The number of halogens is 6. The SMILES string of the molecule is O=C(NC(c1ccc(C(F)(F)F)cc1)c1cnccc1C(F)(F)F)c1ccc2ncccc2c1. The molecule has 34 heavy (non-hydrogen) atoms. The highest BCUT2D eigenvalue weighted by Crippen LogP contribution is 2.37. The maximum atomic E-state index is 13.7. The van der Waals surface area contributed by atoms with Crippen LogP contribution in [0.2, 0.25) is 0 Å². The van der Waals surface area contributed by atoms with E-state index in [1.54, 1.807) is 24.4 Å². The largest absolute Gasteiger partial charge is 0.416 e. The number of fused-ring (bicyclic) bond motifs is 1. The molecule has 2 heterocycles. The molecule has 1 atom stereocenters. The first-order chi connectivity index (χ1) is 16.0. The second-order valence-electron chi connectivity index (χ2n) is 7.40. The van der Waals surface area contributed by atoms with Gasteiger partial charge in [0, 0.05) is 35.1 Å². The Bertz CT molecular complexity index is 1330. The Morgan fingerprint density at radius 1 is 0.853 bits per heavy atom. The van der Waals surface area contributed by atoms with E-state index in [0.717, 1.165) is 42.7 Å². The highest BCUT2D eigenvalue weighted by molar-refractivity contribution is 5.98. The third-order valence-corrected chi connectivity index (χ3v) is 5.18. The lowest BCUT2D eigenvalue weighted by Crippen LogP contribution is -2.31. The highest BCUT2D eigenvalue weighted by Gasteiger charge is 2.37. The quantitative estimate of drug-likeness (QED) is 0.359. The van der Waals surface area contributed by atoms with Crippen LogP contribution in [0.4, 0.5) is 26.3 Å². The van der Waals surface area contributed by atoms with Crippen molar-refractivity contribution in [1.29, 1.82) is 0 Å². The van der Waals surface area contributed by atoms with Gasteiger partial charge in [0.1, 0.15) is 0 Å². The first kappa shape index (κ1) is 23.2. The standard InChI is InChI=1S/C24H15F6N3O/c25-23(26,27)17-6-3-14(4-7-17)21(18-13-31-11-9-19(18)24(28,29)30)33-22(34)16-5-8-20-15(12-16)2-1-10-32-20/h1-13,21H,(H,33,34). The molecule has 4 aromatic rings. The van der Waals surface area contributed by atoms with Gasteiger partial charge in [0.05, 0.1) is 22.7 Å². The molecule has 4 nitrogen and oxygen atoms in total. The zero-order valence-electron chi connectivity index (χ0n) is 17.2. The van der Waals surface area contributed by atoms with E-state index in [1.807, 2.05) is 0 Å². The number of aromatic nitrogens is 2. The number of carbonyl (C=O) groups excluding carboxylic acids is 1. The molecule has 0 saturated heterocycles. The first-order valence-corrected chi connectivity index (χ1v) is 9.88. The molecular weight excluding hydrogens is 460 g/mol. The maximum Gasteiger partial charge on any atom is 0.416 e. The fourth-order valence-corrected chi connectivity index (χ4v) is 3.53. The number of nitrogens with one attached hydrogen (secondary N) is 1. The molecule has 0 aliphatic rings. The summed E-state index contributed by atoms with van der Waals surface area (Å²) in [6, 6.07) is 10.9. The van der Waals surface area contributed by atoms with Crippen LogP contribution in [-0.2, 0) is 12.4 Å². The van der Waals surface area contributed by atoms with Gasteiger partial charge in [-0.25, -0.2) is 0 Å². The molecule has 0 radical (unpaired) electrons. The van der Waals surface area contributed by atoms with Crippen LogP contribution in [0.15, 0.2) is 79.3 Å². The number of alkyl halides is 6. The average molecular weight is 475 g/mol. The van der Waals surface area contributed by atoms with Crippen molar-refractivity contribution in [2.24, 2.45) is 0 Å². The Balaban J connectivity index is 1.77. The molecule has 1 N–H and O–H groups in total. The van der Waals surface area contributed by atoms with Gasteiger partial charge >= 0.3 is 12.4 Å². The third-order valence-electron chi connectivity index (χ3n) is 5.18. The smallest absolute Gasteiger partial charge is 0.341 e. The zero-order valence-corrected chi connectivity index (χ0v) is 17.2. The molecule has 1 unspecified atom stereocenters. The lowest BCUT2D eigenvalue weighted by atomic mass is 9.94. The van der Waals surface area contributed by atoms with Gasteiger partial charge in [0.15, 0.2) is 0 Å². The highest BCUT2D eigenvalue weighted by atomic mass is 19.4. The van der Waals surface area contributed by atoms with Crippen molar-refractivity contribution >= 4 is 16.8 Å². The van der Waals surface area contributed by atoms with Crippen molar-refractivity contribution in [2.45, 2.75) is 18.4 Å². The molecular formula is C24H15F6N3O. The van der Waals surface area contributed by atoms with E-state index >= 15 is 0 Å². The molecule has 0 aliphatic carbocycles. The van der Waals surface area contributed by atoms with Gasteiger partial charge in [-0.05, 0) is 48.0 Å². The summed E-state index contributed by atoms with van der Waals surface area (Å²) in [5.41, 5.74) is -1.63. The Hall–Kier alpha value is -3.95. The molecule has 2 aromatic heterocycles. The summed E-state index contributed by atoms with van der Waals surface area (Å²) in [6.45, 7) is 0. The van der Waals surface area contributed by atoms with Crippen LogP contribution in [0.1, 0.15) is 38.7 Å². The second-order valence-corrected chi connectivity index (χ2v) is 7.40. The Kier molecular flexibility index (Phi) is 5.99. The summed E-state index contributed by atoms with van der Waals surface area (Å²) in [7, 11) is 0. The molecule has 0 spiro atoms. The maximum absolute atomic E-state index is 13.7. The van der Waals surface area contributed by atoms with E-state index < -0.39 is 41.0 Å². The van der Waals surface area contributed by atoms with Gasteiger partial charge in [0.2, 0.25) is 0 Å². The van der Waals surface area contributed by atoms with Crippen molar-refractivity contribution in [3.63, 3.8) is 0 Å². The van der Waals surface area contributed by atoms with Crippen molar-refractivity contribution in [3.8, 4) is 0 Å². The molecule has 0 saturated carbocycles. The molecule has 174 valence electrons. The summed E-state index contributed by atoms with van der Waals surface area (Å²) in [6.07, 6.45) is -5.93. The average Bonchev–Trinajstić information content (AvgIpc) is 2.81. The fourth-order valence-electron chi connectivity index (χ4n) is 3.53. The van der Waals surface area contributed by atoms with Crippen LogP contribution in [0.5, 0.6) is 0 Å². The molecule has 2 aromatic carbocycles. The predicted molar refractivity (Wildman–Crippen MR) is 112 cm³/mol. The summed E-state index contributed by atoms with van der Waals surface area (Å²) in [5, 5.41) is 3.16. The topological polar surface area (TPSA) is 54.9 Å². The van der Waals surface area contributed by atoms with E-state index in [-0.39, 0.29) is 11.1 Å². The summed E-state index contributed by atoms with van der Waals surface area (Å²) < 4.78 is 80.0. The Labute approximate surface area is 189 Å². The molecule has 0 fully saturated rings. The second kappa shape index (κ2) is 8.77. The van der Waals surface area contributed by atoms with E-state index in [9.17, 15) is 31.1 Å². The summed E-state index contributed by atoms with van der Waals surface area (Å²) in [4.78, 5) is 20.9. The van der Waals surface area contributed by atoms with Gasteiger partial charge < -0.3 is 5.32 Å². The van der Waals surface area contributed by atoms with Crippen molar-refractivity contribution in [3.05, 3.63) is 107 Å². The van der Waals surface area contributed by atoms with Crippen molar-refractivity contribution in [2.75, 3.05) is 0 Å². The van der Waals surface area contributed by atoms with Crippen molar-refractivity contribution in [1.82, 2.24) is 15.3 Å². The van der Waals surface area contributed by atoms with Gasteiger partial charge in [0.25, 0.3) is 5.91 Å². The normalized spacial score (nSPS) is 13.0. The number of rotatable bonds is 4. The van der Waals surface area contributed by atoms with Crippen molar-refractivity contribution < 1.29 is 31.1 Å². The minimum absolute atomic E-state index is 0.0299. The van der Waals surface area contributed by atoms with Crippen LogP contribution in [-0.4, -0.2) is 15.9 Å². The lowest BCUT2D eigenvalue weighted by molar-refractivity contribution is -0.138. The zero-order chi connectivity index (χ0) is 24.5. The van der Waals surface area contributed by atoms with Crippen LogP contribution in [0.25, 0.3) is 10.9 Å².